The molecule has 2 saturated carbocycles. The average Bonchev–Trinajstić information content (AvgIpc) is 3.12. The van der Waals surface area contributed by atoms with Gasteiger partial charge >= 0.3 is 0 Å². The molecule has 1 aromatic rings. The Hall–Kier alpha value is -1.46. The van der Waals surface area contributed by atoms with Crippen LogP contribution in [-0.2, 0) is 4.79 Å². The van der Waals surface area contributed by atoms with E-state index in [9.17, 15) is 4.79 Å². The van der Waals surface area contributed by atoms with Crippen molar-refractivity contribution in [2.45, 2.75) is 64.0 Å². The van der Waals surface area contributed by atoms with Gasteiger partial charge in [-0.3, -0.25) is 4.79 Å². The standard InChI is InChI=1S/C22H32N2O3.ClH/c1-15(24-21(25)18-14-22(18)9-11-23-12-10-22)16-7-8-19(20(13-16)26-2)27-17-5-3-4-6-17;/h7-8,13,15,17-18,23H,3-6,9-12,14H2,1-2H3,(H,24,25);1H. The molecule has 1 saturated heterocycles. The van der Waals surface area contributed by atoms with E-state index in [2.05, 4.69) is 10.6 Å². The largest absolute Gasteiger partial charge is 0.493 e. The van der Waals surface area contributed by atoms with Crippen LogP contribution in [0.1, 0.15) is 63.5 Å². The van der Waals surface area contributed by atoms with Crippen LogP contribution in [0.25, 0.3) is 0 Å². The second-order valence-corrected chi connectivity index (χ2v) is 8.53. The molecule has 28 heavy (non-hydrogen) atoms. The van der Waals surface area contributed by atoms with Crippen molar-refractivity contribution >= 4 is 18.3 Å². The van der Waals surface area contributed by atoms with E-state index in [0.717, 1.165) is 62.3 Å². The van der Waals surface area contributed by atoms with Crippen LogP contribution < -0.4 is 20.1 Å². The first kappa shape index (κ1) is 21.3. The number of halogens is 1. The summed E-state index contributed by atoms with van der Waals surface area (Å²) in [5.41, 5.74) is 1.32. The van der Waals surface area contributed by atoms with E-state index in [0.29, 0.717) is 6.10 Å². The Balaban J connectivity index is 0.00000225. The number of hydrogen-bond acceptors (Lipinski definition) is 4. The summed E-state index contributed by atoms with van der Waals surface area (Å²) in [6.45, 7) is 4.12. The molecular weight excluding hydrogens is 376 g/mol. The van der Waals surface area contributed by atoms with Gasteiger partial charge in [0.05, 0.1) is 19.3 Å². The van der Waals surface area contributed by atoms with Gasteiger partial charge in [-0.05, 0) is 88.1 Å². The summed E-state index contributed by atoms with van der Waals surface area (Å²) in [5, 5.41) is 6.61. The lowest BCUT2D eigenvalue weighted by Crippen LogP contribution is -2.34. The smallest absolute Gasteiger partial charge is 0.224 e. The molecule has 3 aliphatic rings. The maximum Gasteiger partial charge on any atom is 0.224 e. The Bertz CT molecular complexity index is 684. The summed E-state index contributed by atoms with van der Waals surface area (Å²) in [5.74, 6) is 1.95. The molecule has 3 fully saturated rings. The van der Waals surface area contributed by atoms with Crippen molar-refractivity contribution in [1.82, 2.24) is 10.6 Å². The Kier molecular flexibility index (Phi) is 6.77. The minimum Gasteiger partial charge on any atom is -0.493 e. The molecular formula is C22H33ClN2O3. The fraction of sp³-hybridized carbons (Fsp3) is 0.682. The van der Waals surface area contributed by atoms with Crippen LogP contribution in [0.2, 0.25) is 0 Å². The molecule has 6 heteroatoms. The van der Waals surface area contributed by atoms with Crippen LogP contribution in [0.4, 0.5) is 0 Å². The molecule has 1 amide bonds. The first-order chi connectivity index (χ1) is 13.1. The predicted octanol–water partition coefficient (Wildman–Crippen LogP) is 4.01. The molecule has 1 spiro atoms. The lowest BCUT2D eigenvalue weighted by molar-refractivity contribution is -0.123. The van der Waals surface area contributed by atoms with Gasteiger partial charge in [-0.15, -0.1) is 12.4 Å². The maximum atomic E-state index is 12.7. The van der Waals surface area contributed by atoms with Gasteiger partial charge in [0.1, 0.15) is 0 Å². The van der Waals surface area contributed by atoms with Crippen molar-refractivity contribution < 1.29 is 14.3 Å². The van der Waals surface area contributed by atoms with Crippen LogP contribution >= 0.6 is 12.4 Å². The third kappa shape index (κ3) is 4.41. The number of piperidine rings is 1. The van der Waals surface area contributed by atoms with Crippen molar-refractivity contribution in [2.75, 3.05) is 20.2 Å². The molecule has 2 unspecified atom stereocenters. The highest BCUT2D eigenvalue weighted by Gasteiger charge is 2.57. The summed E-state index contributed by atoms with van der Waals surface area (Å²) >= 11 is 0. The highest BCUT2D eigenvalue weighted by Crippen LogP contribution is 2.58. The molecule has 1 aliphatic heterocycles. The molecule has 0 radical (unpaired) electrons. The van der Waals surface area contributed by atoms with Crippen LogP contribution in [-0.4, -0.2) is 32.2 Å². The fourth-order valence-electron chi connectivity index (χ4n) is 4.83. The number of benzene rings is 1. The third-order valence-electron chi connectivity index (χ3n) is 6.75. The molecule has 2 atom stereocenters. The second kappa shape index (κ2) is 8.91. The number of hydrogen-bond donors (Lipinski definition) is 2. The number of methoxy groups -OCH3 is 1. The third-order valence-corrected chi connectivity index (χ3v) is 6.75. The lowest BCUT2D eigenvalue weighted by atomic mass is 9.91. The van der Waals surface area contributed by atoms with Crippen LogP contribution in [0.3, 0.4) is 0 Å². The zero-order valence-corrected chi connectivity index (χ0v) is 17.8. The highest BCUT2D eigenvalue weighted by atomic mass is 35.5. The van der Waals surface area contributed by atoms with Crippen molar-refractivity contribution in [3.05, 3.63) is 23.8 Å². The average molecular weight is 409 g/mol. The molecule has 0 bridgehead atoms. The van der Waals surface area contributed by atoms with Crippen LogP contribution in [0, 0.1) is 11.3 Å². The van der Waals surface area contributed by atoms with Crippen molar-refractivity contribution in [1.29, 1.82) is 0 Å². The van der Waals surface area contributed by atoms with E-state index in [4.69, 9.17) is 9.47 Å². The Morgan fingerprint density at radius 3 is 2.61 bits per heavy atom. The van der Waals surface area contributed by atoms with Gasteiger partial charge in [0, 0.05) is 5.92 Å². The van der Waals surface area contributed by atoms with Crippen molar-refractivity contribution in [3.63, 3.8) is 0 Å². The second-order valence-electron chi connectivity index (χ2n) is 8.53. The molecule has 0 aromatic heterocycles. The Morgan fingerprint density at radius 1 is 1.21 bits per heavy atom. The van der Waals surface area contributed by atoms with Gasteiger partial charge < -0.3 is 20.1 Å². The summed E-state index contributed by atoms with van der Waals surface area (Å²) in [6.07, 6.45) is 8.33. The molecule has 2 N–H and O–H groups in total. The van der Waals surface area contributed by atoms with Gasteiger partial charge in [0.15, 0.2) is 11.5 Å². The highest BCUT2D eigenvalue weighted by molar-refractivity contribution is 5.85. The lowest BCUT2D eigenvalue weighted by Gasteiger charge is -2.24. The van der Waals surface area contributed by atoms with E-state index < -0.39 is 0 Å². The van der Waals surface area contributed by atoms with Crippen molar-refractivity contribution in [2.24, 2.45) is 11.3 Å². The van der Waals surface area contributed by atoms with E-state index in [1.807, 2.05) is 25.1 Å². The Labute approximate surface area is 174 Å². The van der Waals surface area contributed by atoms with Gasteiger partial charge in [-0.2, -0.15) is 0 Å². The number of carbonyl (C=O) groups is 1. The number of carbonyl (C=O) groups excluding carboxylic acids is 1. The van der Waals surface area contributed by atoms with Crippen LogP contribution in [0.15, 0.2) is 18.2 Å². The maximum absolute atomic E-state index is 12.7. The van der Waals surface area contributed by atoms with Gasteiger partial charge in [-0.25, -0.2) is 0 Å². The summed E-state index contributed by atoms with van der Waals surface area (Å²) in [4.78, 5) is 12.7. The number of nitrogens with one attached hydrogen (secondary N) is 2. The van der Waals surface area contributed by atoms with Crippen molar-refractivity contribution in [3.8, 4) is 11.5 Å². The normalized spacial score (nSPS) is 24.3. The van der Waals surface area contributed by atoms with E-state index in [1.54, 1.807) is 7.11 Å². The van der Waals surface area contributed by atoms with E-state index >= 15 is 0 Å². The fourth-order valence-corrected chi connectivity index (χ4v) is 4.83. The summed E-state index contributed by atoms with van der Waals surface area (Å²) < 4.78 is 11.7. The molecule has 1 aromatic carbocycles. The quantitative estimate of drug-likeness (QED) is 0.746. The topological polar surface area (TPSA) is 59.6 Å². The minimum absolute atomic E-state index is 0. The molecule has 2 aliphatic carbocycles. The van der Waals surface area contributed by atoms with Gasteiger partial charge in [0.25, 0.3) is 0 Å². The van der Waals surface area contributed by atoms with E-state index in [1.165, 1.54) is 12.8 Å². The first-order valence-electron chi connectivity index (χ1n) is 10.5. The summed E-state index contributed by atoms with van der Waals surface area (Å²) in [7, 11) is 1.68. The molecule has 4 rings (SSSR count). The molecule has 5 nitrogen and oxygen atoms in total. The monoisotopic (exact) mass is 408 g/mol. The number of rotatable bonds is 6. The molecule has 156 valence electrons. The van der Waals surface area contributed by atoms with Gasteiger partial charge in [0.2, 0.25) is 5.91 Å². The molecule has 1 heterocycles. The zero-order valence-electron chi connectivity index (χ0n) is 17.0. The minimum atomic E-state index is -0.0358. The van der Waals surface area contributed by atoms with E-state index in [-0.39, 0.29) is 35.7 Å². The number of amides is 1. The number of ether oxygens (including phenoxy) is 2. The predicted molar refractivity (Wildman–Crippen MR) is 112 cm³/mol. The SMILES string of the molecule is COc1cc(C(C)NC(=O)C2CC23CCNCC3)ccc1OC1CCCC1.Cl. The Morgan fingerprint density at radius 2 is 1.93 bits per heavy atom. The first-order valence-corrected chi connectivity index (χ1v) is 10.5. The van der Waals surface area contributed by atoms with Crippen LogP contribution in [0.5, 0.6) is 11.5 Å². The summed E-state index contributed by atoms with van der Waals surface area (Å²) in [6, 6.07) is 6.00. The zero-order chi connectivity index (χ0) is 18.9. The van der Waals surface area contributed by atoms with Gasteiger partial charge in [-0.1, -0.05) is 6.07 Å².